The molecular formula is C40H46N4. The molecule has 0 amide bonds. The van der Waals surface area contributed by atoms with Gasteiger partial charge < -0.3 is 0 Å². The molecule has 0 aliphatic heterocycles. The van der Waals surface area contributed by atoms with Crippen molar-refractivity contribution in [2.45, 2.75) is 104 Å². The van der Waals surface area contributed by atoms with Crippen LogP contribution in [0.5, 0.6) is 0 Å². The average molecular weight is 583 g/mol. The van der Waals surface area contributed by atoms with Crippen molar-refractivity contribution in [2.75, 3.05) is 0 Å². The lowest BCUT2D eigenvalue weighted by atomic mass is 10.1. The van der Waals surface area contributed by atoms with Crippen LogP contribution in [0.15, 0.2) is 92.8 Å². The fourth-order valence-corrected chi connectivity index (χ4v) is 4.53. The van der Waals surface area contributed by atoms with Crippen LogP contribution < -0.4 is 0 Å². The molecule has 0 aliphatic rings. The molecule has 3 rings (SSSR count). The second-order valence-corrected chi connectivity index (χ2v) is 10.8. The van der Waals surface area contributed by atoms with Gasteiger partial charge in [-0.05, 0) is 61.4 Å². The molecule has 0 heterocycles. The summed E-state index contributed by atoms with van der Waals surface area (Å²) in [5.74, 6) is 13.1. The molecule has 0 radical (unpaired) electrons. The van der Waals surface area contributed by atoms with Crippen molar-refractivity contribution in [1.82, 2.24) is 0 Å². The van der Waals surface area contributed by atoms with Crippen LogP contribution in [-0.2, 0) is 0 Å². The minimum absolute atomic E-state index is 0.738. The Labute approximate surface area is 265 Å². The Morgan fingerprint density at radius 1 is 0.432 bits per heavy atom. The van der Waals surface area contributed by atoms with Crippen LogP contribution in [0.4, 0.5) is 22.7 Å². The van der Waals surface area contributed by atoms with Gasteiger partial charge in [-0.2, -0.15) is 20.0 Å². The highest BCUT2D eigenvalue weighted by Crippen LogP contribution is 2.21. The highest BCUT2D eigenvalue weighted by molar-refractivity contribution is 5.65. The molecule has 0 saturated heterocycles. The summed E-state index contributed by atoms with van der Waals surface area (Å²) in [5, 5.41) is 0. The van der Waals surface area contributed by atoms with Gasteiger partial charge in [0.25, 0.3) is 0 Å². The zero-order chi connectivity index (χ0) is 30.9. The van der Waals surface area contributed by atoms with E-state index in [1.54, 1.807) is 0 Å². The highest BCUT2D eigenvalue weighted by atomic mass is 14.8. The Balaban J connectivity index is 1.54. The fourth-order valence-electron chi connectivity index (χ4n) is 4.53. The van der Waals surface area contributed by atoms with E-state index >= 15 is 0 Å². The van der Waals surface area contributed by atoms with Crippen LogP contribution in [0.25, 0.3) is 0 Å². The molecule has 0 atom stereocenters. The second kappa shape index (κ2) is 22.1. The molecule has 44 heavy (non-hydrogen) atoms. The van der Waals surface area contributed by atoms with E-state index in [0.717, 1.165) is 59.6 Å². The van der Waals surface area contributed by atoms with E-state index in [1.807, 2.05) is 72.8 Å². The summed E-state index contributed by atoms with van der Waals surface area (Å²) in [5.41, 5.74) is 4.82. The van der Waals surface area contributed by atoms with Crippen LogP contribution in [0.3, 0.4) is 0 Å². The Morgan fingerprint density at radius 2 is 0.818 bits per heavy atom. The van der Waals surface area contributed by atoms with Gasteiger partial charge in [0.05, 0.1) is 33.9 Å². The molecule has 0 aliphatic carbocycles. The van der Waals surface area contributed by atoms with Crippen molar-refractivity contribution in [1.29, 1.82) is 0 Å². The van der Waals surface area contributed by atoms with Gasteiger partial charge in [0.1, 0.15) is 12.0 Å². The summed E-state index contributed by atoms with van der Waals surface area (Å²) in [6.07, 6.45) is 17.1. The van der Waals surface area contributed by atoms with Crippen molar-refractivity contribution in [2.24, 2.45) is 20.0 Å². The summed E-state index contributed by atoms with van der Waals surface area (Å²) in [4.78, 5) is 17.6. The van der Waals surface area contributed by atoms with Gasteiger partial charge in [0.2, 0.25) is 0 Å². The molecule has 0 bridgehead atoms. The van der Waals surface area contributed by atoms with E-state index < -0.39 is 0 Å². The minimum Gasteiger partial charge on any atom is -0.188 e. The third-order valence-electron chi connectivity index (χ3n) is 7.11. The van der Waals surface area contributed by atoms with Crippen LogP contribution in [0, 0.1) is 23.7 Å². The van der Waals surface area contributed by atoms with Crippen molar-refractivity contribution in [3.63, 3.8) is 0 Å². The number of hydrogen-bond acceptors (Lipinski definition) is 4. The Kier molecular flexibility index (Phi) is 17.1. The third kappa shape index (κ3) is 14.1. The maximum Gasteiger partial charge on any atom is 0.101 e. The number of aliphatic imine (C=N–C) groups is 4. The second-order valence-electron chi connectivity index (χ2n) is 10.8. The molecule has 4 nitrogen and oxygen atoms in total. The van der Waals surface area contributed by atoms with Gasteiger partial charge in [0, 0.05) is 12.8 Å². The lowest BCUT2D eigenvalue weighted by molar-refractivity contribution is 0.614. The summed E-state index contributed by atoms with van der Waals surface area (Å²) in [6.45, 7) is 4.49. The molecule has 0 saturated carbocycles. The summed E-state index contributed by atoms with van der Waals surface area (Å²) < 4.78 is 0. The van der Waals surface area contributed by atoms with Gasteiger partial charge >= 0.3 is 0 Å². The van der Waals surface area contributed by atoms with Gasteiger partial charge in [-0.3, -0.25) is 0 Å². The summed E-state index contributed by atoms with van der Waals surface area (Å²) in [6, 6.07) is 28.9. The number of para-hydroxylation sites is 2. The topological polar surface area (TPSA) is 49.4 Å². The first-order valence-corrected chi connectivity index (χ1v) is 16.4. The first kappa shape index (κ1) is 34.0. The monoisotopic (exact) mass is 582 g/mol. The molecule has 0 aromatic heterocycles. The van der Waals surface area contributed by atoms with E-state index in [9.17, 15) is 0 Å². The van der Waals surface area contributed by atoms with Gasteiger partial charge in [-0.15, -0.1) is 0 Å². The van der Waals surface area contributed by atoms with Gasteiger partial charge in [0.15, 0.2) is 0 Å². The van der Waals surface area contributed by atoms with Crippen LogP contribution >= 0.6 is 0 Å². The molecule has 4 heteroatoms. The zero-order valence-corrected chi connectivity index (χ0v) is 26.6. The molecule has 0 fully saturated rings. The van der Waals surface area contributed by atoms with E-state index in [-0.39, 0.29) is 0 Å². The Bertz CT molecular complexity index is 1400. The first-order chi connectivity index (χ1) is 21.8. The van der Waals surface area contributed by atoms with Crippen molar-refractivity contribution in [3.8, 4) is 23.7 Å². The Morgan fingerprint density at radius 3 is 1.25 bits per heavy atom. The summed E-state index contributed by atoms with van der Waals surface area (Å²) in [7, 11) is 0. The molecule has 0 spiro atoms. The predicted octanol–water partition coefficient (Wildman–Crippen LogP) is 12.2. The standard InChI is InChI=1S/C40H46N4/c1-3-5-7-9-11-13-15-17-23-35-25-19-21-27-39(35)43-33-41-37-29-31-38(32-30-37)42-34-44-40-28-22-20-26-36(40)24-18-16-14-12-10-8-6-4-2/h19-22,25-32H,3-16H2,1-2H3. The zero-order valence-electron chi connectivity index (χ0n) is 26.6. The maximum absolute atomic E-state index is 4.43. The largest absolute Gasteiger partial charge is 0.188 e. The molecule has 3 aromatic rings. The maximum atomic E-state index is 4.43. The highest BCUT2D eigenvalue weighted by Gasteiger charge is 1.97. The normalized spacial score (nSPS) is 9.86. The lowest BCUT2D eigenvalue weighted by Gasteiger charge is -1.97. The summed E-state index contributed by atoms with van der Waals surface area (Å²) >= 11 is 0. The van der Waals surface area contributed by atoms with E-state index in [2.05, 4.69) is 69.5 Å². The quantitative estimate of drug-likeness (QED) is 0.0916. The minimum atomic E-state index is 0.738. The molecule has 226 valence electrons. The van der Waals surface area contributed by atoms with Crippen LogP contribution in [0.1, 0.15) is 115 Å². The SMILES string of the molecule is CCCCCCCCC#Cc1ccccc1N=C=Nc1ccc(N=C=Nc2ccccc2C#CCCCCCCCC)cc1. The molecule has 0 unspecified atom stereocenters. The van der Waals surface area contributed by atoms with E-state index in [0.29, 0.717) is 0 Å². The van der Waals surface area contributed by atoms with E-state index in [1.165, 1.54) is 64.2 Å². The third-order valence-corrected chi connectivity index (χ3v) is 7.11. The molecule has 3 aromatic carbocycles. The molecule has 0 N–H and O–H groups in total. The molecular weight excluding hydrogens is 536 g/mol. The van der Waals surface area contributed by atoms with Gasteiger partial charge in [-0.25, -0.2) is 0 Å². The van der Waals surface area contributed by atoms with Crippen molar-refractivity contribution >= 4 is 34.8 Å². The Hall–Kier alpha value is -4.46. The number of unbranched alkanes of at least 4 members (excludes halogenated alkanes) is 12. The van der Waals surface area contributed by atoms with E-state index in [4.69, 9.17) is 0 Å². The number of nitrogens with zero attached hydrogens (tertiary/aromatic N) is 4. The number of hydrogen-bond donors (Lipinski definition) is 0. The fraction of sp³-hybridized carbons (Fsp3) is 0.400. The lowest BCUT2D eigenvalue weighted by Crippen LogP contribution is -1.79. The van der Waals surface area contributed by atoms with Gasteiger partial charge in [-0.1, -0.05) is 126 Å². The number of rotatable bonds is 16. The smallest absolute Gasteiger partial charge is 0.101 e. The van der Waals surface area contributed by atoms with Crippen molar-refractivity contribution in [3.05, 3.63) is 83.9 Å². The van der Waals surface area contributed by atoms with Crippen molar-refractivity contribution < 1.29 is 0 Å². The number of benzene rings is 3. The predicted molar refractivity (Wildman–Crippen MR) is 187 cm³/mol. The van der Waals surface area contributed by atoms with Crippen LogP contribution in [0.2, 0.25) is 0 Å². The van der Waals surface area contributed by atoms with Crippen LogP contribution in [-0.4, -0.2) is 12.0 Å². The average Bonchev–Trinajstić information content (AvgIpc) is 3.05. The first-order valence-electron chi connectivity index (χ1n) is 16.4.